The van der Waals surface area contributed by atoms with Crippen LogP contribution in [-0.4, -0.2) is 36.6 Å². The largest absolute Gasteiger partial charge is 0.497 e. The Bertz CT molecular complexity index is 923. The van der Waals surface area contributed by atoms with Crippen molar-refractivity contribution in [3.05, 3.63) is 94.3 Å². The Morgan fingerprint density at radius 2 is 1.70 bits per heavy atom. The highest BCUT2D eigenvalue weighted by Crippen LogP contribution is 2.26. The summed E-state index contributed by atoms with van der Waals surface area (Å²) in [7, 11) is 1.71. The van der Waals surface area contributed by atoms with Gasteiger partial charge in [0.1, 0.15) is 5.75 Å². The van der Waals surface area contributed by atoms with Crippen molar-refractivity contribution in [3.63, 3.8) is 0 Å². The average molecular weight is 421 g/mol. The minimum Gasteiger partial charge on any atom is -0.497 e. The second-order valence-electron chi connectivity index (χ2n) is 8.13. The molecule has 0 spiro atoms. The molecule has 4 heteroatoms. The highest BCUT2D eigenvalue weighted by molar-refractivity contribution is 6.30. The van der Waals surface area contributed by atoms with Crippen molar-refractivity contribution in [3.8, 4) is 5.75 Å². The number of nitrogens with zero attached hydrogens (tertiary/aromatic N) is 2. The number of piperidine rings is 1. The molecule has 2 aromatic carbocycles. The van der Waals surface area contributed by atoms with Crippen LogP contribution in [0.15, 0.2) is 66.9 Å². The predicted octanol–water partition coefficient (Wildman–Crippen LogP) is 5.76. The van der Waals surface area contributed by atoms with Crippen molar-refractivity contribution in [1.29, 1.82) is 0 Å². The second kappa shape index (κ2) is 10.1. The topological polar surface area (TPSA) is 25.4 Å². The van der Waals surface area contributed by atoms with Crippen LogP contribution in [0, 0.1) is 0 Å². The summed E-state index contributed by atoms with van der Waals surface area (Å²) in [6, 6.07) is 20.9. The van der Waals surface area contributed by atoms with Crippen LogP contribution in [0.3, 0.4) is 0 Å². The zero-order chi connectivity index (χ0) is 20.8. The third kappa shape index (κ3) is 5.62. The van der Waals surface area contributed by atoms with Gasteiger partial charge in [0.2, 0.25) is 0 Å². The molecule has 1 atom stereocenters. The molecule has 1 aromatic heterocycles. The lowest BCUT2D eigenvalue weighted by Gasteiger charge is -2.32. The number of halogens is 1. The Labute approximate surface area is 184 Å². The highest BCUT2D eigenvalue weighted by Gasteiger charge is 2.22. The van der Waals surface area contributed by atoms with Gasteiger partial charge in [-0.05, 0) is 79.3 Å². The third-order valence-corrected chi connectivity index (χ3v) is 6.22. The average Bonchev–Trinajstić information content (AvgIpc) is 2.80. The van der Waals surface area contributed by atoms with E-state index in [1.807, 2.05) is 30.5 Å². The van der Waals surface area contributed by atoms with E-state index in [0.29, 0.717) is 5.92 Å². The van der Waals surface area contributed by atoms with Gasteiger partial charge >= 0.3 is 0 Å². The Morgan fingerprint density at radius 3 is 2.40 bits per heavy atom. The molecule has 0 aliphatic carbocycles. The maximum Gasteiger partial charge on any atom is 0.118 e. The molecular formula is C26H29ClN2O. The van der Waals surface area contributed by atoms with Crippen LogP contribution < -0.4 is 4.74 Å². The first-order valence-electron chi connectivity index (χ1n) is 10.7. The molecular weight excluding hydrogens is 392 g/mol. The second-order valence-corrected chi connectivity index (χ2v) is 8.57. The standard InChI is InChI=1S/C26H29ClN2O/c1-30-25-11-6-20(7-12-25)14-16-29-15-2-3-23(19-29)26-13-8-22(18-28-26)17-21-4-9-24(27)10-5-21/h4-13,18,23H,2-3,14-17,19H2,1H3/t23-/m1/s1. The fraction of sp³-hybridized carbons (Fsp3) is 0.346. The SMILES string of the molecule is COc1ccc(CCN2CCC[C@@H](c3ccc(Cc4ccc(Cl)cc4)cn3)C2)cc1. The number of likely N-dealkylation sites (tertiary alicyclic amines) is 1. The predicted molar refractivity (Wildman–Crippen MR) is 124 cm³/mol. The van der Waals surface area contributed by atoms with E-state index in [0.717, 1.165) is 36.7 Å². The number of hydrogen-bond donors (Lipinski definition) is 0. The van der Waals surface area contributed by atoms with Crippen LogP contribution in [-0.2, 0) is 12.8 Å². The number of methoxy groups -OCH3 is 1. The van der Waals surface area contributed by atoms with Crippen LogP contribution in [0.1, 0.15) is 41.1 Å². The highest BCUT2D eigenvalue weighted by atomic mass is 35.5. The monoisotopic (exact) mass is 420 g/mol. The van der Waals surface area contributed by atoms with Crippen molar-refractivity contribution in [2.75, 3.05) is 26.7 Å². The van der Waals surface area contributed by atoms with Crippen LogP contribution in [0.4, 0.5) is 0 Å². The molecule has 2 heterocycles. The summed E-state index contributed by atoms with van der Waals surface area (Å²) < 4.78 is 5.25. The van der Waals surface area contributed by atoms with Crippen molar-refractivity contribution in [2.45, 2.75) is 31.6 Å². The molecule has 1 fully saturated rings. The molecule has 0 N–H and O–H groups in total. The van der Waals surface area contributed by atoms with E-state index in [1.54, 1.807) is 7.11 Å². The molecule has 1 aliphatic heterocycles. The van der Waals surface area contributed by atoms with E-state index in [4.69, 9.17) is 21.3 Å². The first-order chi connectivity index (χ1) is 14.7. The lowest BCUT2D eigenvalue weighted by atomic mass is 9.93. The minimum absolute atomic E-state index is 0.527. The summed E-state index contributed by atoms with van der Waals surface area (Å²) in [5.74, 6) is 1.45. The Kier molecular flexibility index (Phi) is 7.03. The lowest BCUT2D eigenvalue weighted by Crippen LogP contribution is -2.36. The van der Waals surface area contributed by atoms with Gasteiger partial charge in [-0.3, -0.25) is 4.98 Å². The first-order valence-corrected chi connectivity index (χ1v) is 11.1. The Balaban J connectivity index is 1.31. The molecule has 4 rings (SSSR count). The van der Waals surface area contributed by atoms with Gasteiger partial charge in [-0.2, -0.15) is 0 Å². The minimum atomic E-state index is 0.527. The third-order valence-electron chi connectivity index (χ3n) is 5.97. The summed E-state index contributed by atoms with van der Waals surface area (Å²) in [6.45, 7) is 3.37. The van der Waals surface area contributed by atoms with Crippen molar-refractivity contribution >= 4 is 11.6 Å². The van der Waals surface area contributed by atoms with Crippen molar-refractivity contribution in [2.24, 2.45) is 0 Å². The maximum atomic E-state index is 5.98. The smallest absolute Gasteiger partial charge is 0.118 e. The molecule has 0 radical (unpaired) electrons. The quantitative estimate of drug-likeness (QED) is 0.486. The number of benzene rings is 2. The molecule has 0 saturated carbocycles. The van der Waals surface area contributed by atoms with E-state index in [9.17, 15) is 0 Å². The van der Waals surface area contributed by atoms with Gasteiger partial charge in [-0.25, -0.2) is 0 Å². The van der Waals surface area contributed by atoms with Crippen LogP contribution in [0.5, 0.6) is 5.75 Å². The molecule has 1 saturated heterocycles. The lowest BCUT2D eigenvalue weighted by molar-refractivity contribution is 0.208. The molecule has 1 aliphatic rings. The summed E-state index contributed by atoms with van der Waals surface area (Å²) in [4.78, 5) is 7.41. The van der Waals surface area contributed by atoms with E-state index in [2.05, 4.69) is 41.3 Å². The summed E-state index contributed by atoms with van der Waals surface area (Å²) in [6.07, 6.45) is 6.47. The number of hydrogen-bond acceptors (Lipinski definition) is 3. The molecule has 0 bridgehead atoms. The van der Waals surface area contributed by atoms with Gasteiger partial charge in [0.15, 0.2) is 0 Å². The van der Waals surface area contributed by atoms with Gasteiger partial charge in [-0.15, -0.1) is 0 Å². The summed E-state index contributed by atoms with van der Waals surface area (Å²) >= 11 is 5.98. The van der Waals surface area contributed by atoms with Crippen LogP contribution >= 0.6 is 11.6 Å². The number of pyridine rings is 1. The van der Waals surface area contributed by atoms with E-state index in [1.165, 1.54) is 41.8 Å². The first kappa shape index (κ1) is 20.9. The molecule has 156 valence electrons. The zero-order valence-corrected chi connectivity index (χ0v) is 18.3. The normalized spacial score (nSPS) is 17.1. The van der Waals surface area contributed by atoms with E-state index >= 15 is 0 Å². The van der Waals surface area contributed by atoms with Gasteiger partial charge < -0.3 is 9.64 Å². The molecule has 0 amide bonds. The molecule has 30 heavy (non-hydrogen) atoms. The fourth-order valence-electron chi connectivity index (χ4n) is 4.20. The molecule has 3 aromatic rings. The summed E-state index contributed by atoms with van der Waals surface area (Å²) in [5, 5.41) is 0.779. The number of aromatic nitrogens is 1. The van der Waals surface area contributed by atoms with Gasteiger partial charge in [0.25, 0.3) is 0 Å². The molecule has 0 unspecified atom stereocenters. The van der Waals surface area contributed by atoms with E-state index in [-0.39, 0.29) is 0 Å². The van der Waals surface area contributed by atoms with E-state index < -0.39 is 0 Å². The fourth-order valence-corrected chi connectivity index (χ4v) is 4.33. The Hall–Kier alpha value is -2.36. The van der Waals surface area contributed by atoms with Gasteiger partial charge in [0, 0.05) is 35.9 Å². The van der Waals surface area contributed by atoms with Crippen molar-refractivity contribution < 1.29 is 4.74 Å². The molecule has 3 nitrogen and oxygen atoms in total. The van der Waals surface area contributed by atoms with Crippen molar-refractivity contribution in [1.82, 2.24) is 9.88 Å². The zero-order valence-electron chi connectivity index (χ0n) is 17.6. The van der Waals surface area contributed by atoms with Crippen LogP contribution in [0.25, 0.3) is 0 Å². The number of rotatable bonds is 7. The summed E-state index contributed by atoms with van der Waals surface area (Å²) in [5.41, 5.74) is 5.09. The van der Waals surface area contributed by atoms with Gasteiger partial charge in [-0.1, -0.05) is 41.9 Å². The number of ether oxygens (including phenoxy) is 1. The maximum absolute atomic E-state index is 5.98. The van der Waals surface area contributed by atoms with Crippen LogP contribution in [0.2, 0.25) is 5.02 Å². The Morgan fingerprint density at radius 1 is 0.967 bits per heavy atom. The van der Waals surface area contributed by atoms with Gasteiger partial charge in [0.05, 0.1) is 7.11 Å².